The number of amides is 2. The maximum atomic E-state index is 12.6. The molecule has 1 aromatic heterocycles. The van der Waals surface area contributed by atoms with E-state index in [0.717, 1.165) is 11.3 Å². The number of benzene rings is 2. The standard InChI is InChI=1S/C27H35N5O3S/c1-16(2)21-9-12-23(13-10-21)35-19(6)26-30-31-27(32(26)17(3)4)36-15-25(34)29-22-11-8-18(5)24(14-22)28-20(7)33/h8-14,16-17,19H,15H2,1-7H3,(H,28,33)(H,29,34). The van der Waals surface area contributed by atoms with Crippen LogP contribution in [0.5, 0.6) is 5.75 Å². The summed E-state index contributed by atoms with van der Waals surface area (Å²) in [5.41, 5.74) is 3.47. The van der Waals surface area contributed by atoms with E-state index in [4.69, 9.17) is 4.74 Å². The van der Waals surface area contributed by atoms with Gasteiger partial charge in [0, 0.05) is 24.3 Å². The van der Waals surface area contributed by atoms with Gasteiger partial charge in [0.25, 0.3) is 0 Å². The van der Waals surface area contributed by atoms with Crippen LogP contribution in [0.25, 0.3) is 0 Å². The highest BCUT2D eigenvalue weighted by Gasteiger charge is 2.22. The van der Waals surface area contributed by atoms with Gasteiger partial charge in [0.2, 0.25) is 11.8 Å². The third kappa shape index (κ3) is 7.10. The molecule has 0 bridgehead atoms. The zero-order chi connectivity index (χ0) is 26.4. The van der Waals surface area contributed by atoms with Gasteiger partial charge in [-0.2, -0.15) is 0 Å². The molecule has 0 fully saturated rings. The van der Waals surface area contributed by atoms with E-state index >= 15 is 0 Å². The molecule has 2 N–H and O–H groups in total. The summed E-state index contributed by atoms with van der Waals surface area (Å²) in [6.45, 7) is 13.7. The summed E-state index contributed by atoms with van der Waals surface area (Å²) in [7, 11) is 0. The molecule has 1 unspecified atom stereocenters. The molecule has 1 atom stereocenters. The van der Waals surface area contributed by atoms with Crippen molar-refractivity contribution >= 4 is 35.0 Å². The average Bonchev–Trinajstić information content (AvgIpc) is 3.24. The largest absolute Gasteiger partial charge is 0.483 e. The van der Waals surface area contributed by atoms with Crippen molar-refractivity contribution in [3.05, 3.63) is 59.4 Å². The second-order valence-electron chi connectivity index (χ2n) is 9.34. The van der Waals surface area contributed by atoms with Gasteiger partial charge in [-0.05, 0) is 69.0 Å². The molecule has 3 rings (SSSR count). The summed E-state index contributed by atoms with van der Waals surface area (Å²) in [4.78, 5) is 24.1. The van der Waals surface area contributed by atoms with Crippen molar-refractivity contribution in [2.24, 2.45) is 0 Å². The molecule has 0 aliphatic heterocycles. The lowest BCUT2D eigenvalue weighted by atomic mass is 10.0. The molecule has 0 aliphatic rings. The zero-order valence-corrected chi connectivity index (χ0v) is 22.8. The lowest BCUT2D eigenvalue weighted by molar-refractivity contribution is -0.114. The molecule has 2 aromatic carbocycles. The SMILES string of the molecule is CC(=O)Nc1cc(NC(=O)CSc2nnc(C(C)Oc3ccc(C(C)C)cc3)n2C(C)C)ccc1C. The van der Waals surface area contributed by atoms with Crippen LogP contribution >= 0.6 is 11.8 Å². The van der Waals surface area contributed by atoms with Crippen LogP contribution in [0.4, 0.5) is 11.4 Å². The molecular formula is C27H35N5O3S. The molecule has 0 radical (unpaired) electrons. The highest BCUT2D eigenvalue weighted by Crippen LogP contribution is 2.29. The second kappa shape index (κ2) is 12.1. The summed E-state index contributed by atoms with van der Waals surface area (Å²) in [6, 6.07) is 13.6. The number of ether oxygens (including phenoxy) is 1. The Morgan fingerprint density at radius 1 is 1.00 bits per heavy atom. The summed E-state index contributed by atoms with van der Waals surface area (Å²) in [5.74, 6) is 1.77. The van der Waals surface area contributed by atoms with Crippen LogP contribution < -0.4 is 15.4 Å². The molecule has 8 nitrogen and oxygen atoms in total. The van der Waals surface area contributed by atoms with Gasteiger partial charge in [0.1, 0.15) is 5.75 Å². The number of hydrogen-bond donors (Lipinski definition) is 2. The number of hydrogen-bond acceptors (Lipinski definition) is 6. The van der Waals surface area contributed by atoms with E-state index < -0.39 is 0 Å². The summed E-state index contributed by atoms with van der Waals surface area (Å²) in [6.07, 6.45) is -0.312. The fourth-order valence-corrected chi connectivity index (χ4v) is 4.56. The first-order valence-electron chi connectivity index (χ1n) is 12.1. The van der Waals surface area contributed by atoms with Gasteiger partial charge in [0.15, 0.2) is 17.1 Å². The summed E-state index contributed by atoms with van der Waals surface area (Å²) in [5, 5.41) is 15.0. The summed E-state index contributed by atoms with van der Waals surface area (Å²) >= 11 is 1.32. The lowest BCUT2D eigenvalue weighted by Crippen LogP contribution is -2.17. The second-order valence-corrected chi connectivity index (χ2v) is 10.3. The minimum absolute atomic E-state index is 0.0900. The Morgan fingerprint density at radius 3 is 2.31 bits per heavy atom. The van der Waals surface area contributed by atoms with Crippen LogP contribution in [0.1, 0.15) is 76.6 Å². The first-order chi connectivity index (χ1) is 17.0. The average molecular weight is 510 g/mol. The van der Waals surface area contributed by atoms with Crippen LogP contribution in [0, 0.1) is 6.92 Å². The number of carbonyl (C=O) groups is 2. The van der Waals surface area contributed by atoms with Gasteiger partial charge in [-0.1, -0.05) is 43.8 Å². The number of aromatic nitrogens is 3. The van der Waals surface area contributed by atoms with Gasteiger partial charge in [-0.25, -0.2) is 0 Å². The van der Waals surface area contributed by atoms with Crippen molar-refractivity contribution in [3.63, 3.8) is 0 Å². The molecule has 2 amide bonds. The van der Waals surface area contributed by atoms with E-state index in [1.165, 1.54) is 24.2 Å². The van der Waals surface area contributed by atoms with Gasteiger partial charge < -0.3 is 19.9 Å². The van der Waals surface area contributed by atoms with E-state index in [1.807, 2.05) is 42.7 Å². The van der Waals surface area contributed by atoms with Crippen LogP contribution in [-0.4, -0.2) is 32.3 Å². The van der Waals surface area contributed by atoms with Crippen molar-refractivity contribution in [2.45, 2.75) is 71.7 Å². The summed E-state index contributed by atoms with van der Waals surface area (Å²) < 4.78 is 8.16. The molecule has 3 aromatic rings. The Balaban J connectivity index is 1.66. The van der Waals surface area contributed by atoms with E-state index in [0.29, 0.717) is 28.3 Å². The van der Waals surface area contributed by atoms with Crippen molar-refractivity contribution in [2.75, 3.05) is 16.4 Å². The third-order valence-electron chi connectivity index (χ3n) is 5.59. The zero-order valence-electron chi connectivity index (χ0n) is 22.0. The molecule has 9 heteroatoms. The highest BCUT2D eigenvalue weighted by atomic mass is 32.2. The number of anilines is 2. The molecule has 0 aliphatic carbocycles. The Kier molecular flexibility index (Phi) is 9.14. The van der Waals surface area contributed by atoms with Gasteiger partial charge >= 0.3 is 0 Å². The molecule has 192 valence electrons. The number of rotatable bonds is 10. The van der Waals surface area contributed by atoms with Crippen molar-refractivity contribution in [1.82, 2.24) is 14.8 Å². The van der Waals surface area contributed by atoms with E-state index in [1.54, 1.807) is 6.07 Å². The number of nitrogens with zero attached hydrogens (tertiary/aromatic N) is 3. The minimum Gasteiger partial charge on any atom is -0.483 e. The molecular weight excluding hydrogens is 474 g/mol. The van der Waals surface area contributed by atoms with Crippen LogP contribution in [-0.2, 0) is 9.59 Å². The molecule has 36 heavy (non-hydrogen) atoms. The van der Waals surface area contributed by atoms with Gasteiger partial charge in [-0.15, -0.1) is 10.2 Å². The topological polar surface area (TPSA) is 98.1 Å². The van der Waals surface area contributed by atoms with Crippen molar-refractivity contribution in [3.8, 4) is 5.75 Å². The Morgan fingerprint density at radius 2 is 1.69 bits per heavy atom. The maximum Gasteiger partial charge on any atom is 0.234 e. The normalized spacial score (nSPS) is 12.0. The maximum absolute atomic E-state index is 12.6. The third-order valence-corrected chi connectivity index (χ3v) is 6.54. The fourth-order valence-electron chi connectivity index (χ4n) is 3.69. The van der Waals surface area contributed by atoms with Crippen LogP contribution in [0.15, 0.2) is 47.6 Å². The number of nitrogens with one attached hydrogen (secondary N) is 2. The number of thioether (sulfide) groups is 1. The van der Waals surface area contributed by atoms with E-state index in [2.05, 4.69) is 60.7 Å². The van der Waals surface area contributed by atoms with Gasteiger partial charge in [0.05, 0.1) is 5.75 Å². The smallest absolute Gasteiger partial charge is 0.234 e. The van der Waals surface area contributed by atoms with Crippen molar-refractivity contribution < 1.29 is 14.3 Å². The Labute approximate surface area is 217 Å². The molecule has 0 saturated heterocycles. The first kappa shape index (κ1) is 27.3. The fraction of sp³-hybridized carbons (Fsp3) is 0.407. The molecule has 0 saturated carbocycles. The first-order valence-corrected chi connectivity index (χ1v) is 13.1. The number of carbonyl (C=O) groups excluding carboxylic acids is 2. The Hall–Kier alpha value is -3.33. The minimum atomic E-state index is -0.312. The Bertz CT molecular complexity index is 1200. The number of aryl methyl sites for hydroxylation is 1. The van der Waals surface area contributed by atoms with Crippen LogP contribution in [0.3, 0.4) is 0 Å². The predicted molar refractivity (Wildman–Crippen MR) is 145 cm³/mol. The molecule has 0 spiro atoms. The predicted octanol–water partition coefficient (Wildman–Crippen LogP) is 6.12. The van der Waals surface area contributed by atoms with Gasteiger partial charge in [-0.3, -0.25) is 9.59 Å². The monoisotopic (exact) mass is 509 g/mol. The van der Waals surface area contributed by atoms with E-state index in [9.17, 15) is 9.59 Å². The van der Waals surface area contributed by atoms with Crippen LogP contribution in [0.2, 0.25) is 0 Å². The highest BCUT2D eigenvalue weighted by molar-refractivity contribution is 7.99. The van der Waals surface area contributed by atoms with E-state index in [-0.39, 0.29) is 29.7 Å². The molecule has 1 heterocycles. The lowest BCUT2D eigenvalue weighted by Gasteiger charge is -2.19. The quantitative estimate of drug-likeness (QED) is 0.320. The van der Waals surface area contributed by atoms with Crippen molar-refractivity contribution in [1.29, 1.82) is 0 Å².